The van der Waals surface area contributed by atoms with Gasteiger partial charge in [0, 0.05) is 36.4 Å². The van der Waals surface area contributed by atoms with Gasteiger partial charge in [0.05, 0.1) is 4.92 Å². The van der Waals surface area contributed by atoms with Gasteiger partial charge in [0.15, 0.2) is 0 Å². The van der Waals surface area contributed by atoms with E-state index in [0.717, 1.165) is 25.8 Å². The third-order valence-corrected chi connectivity index (χ3v) is 4.15. The lowest BCUT2D eigenvalue weighted by Crippen LogP contribution is -2.39. The summed E-state index contributed by atoms with van der Waals surface area (Å²) in [5.41, 5.74) is 5.81. The van der Waals surface area contributed by atoms with Crippen LogP contribution in [0.25, 0.3) is 0 Å². The molecule has 0 spiro atoms. The topological polar surface area (TPSA) is 110 Å². The Morgan fingerprint density at radius 3 is 2.86 bits per heavy atom. The van der Waals surface area contributed by atoms with Crippen LogP contribution in [-0.4, -0.2) is 40.0 Å². The third-order valence-electron chi connectivity index (χ3n) is 4.15. The molecule has 1 atom stereocenters. The molecule has 0 saturated carbocycles. The van der Waals surface area contributed by atoms with Gasteiger partial charge in [-0.1, -0.05) is 12.5 Å². The van der Waals surface area contributed by atoms with Crippen LogP contribution in [0.2, 0.25) is 0 Å². The Morgan fingerprint density at radius 2 is 2.23 bits per heavy atom. The van der Waals surface area contributed by atoms with Crippen LogP contribution >= 0.6 is 0 Å². The third kappa shape index (κ3) is 3.80. The number of rotatable bonds is 6. The summed E-state index contributed by atoms with van der Waals surface area (Å²) in [5, 5.41) is 20.4. The number of piperidine rings is 1. The predicted octanol–water partition coefficient (Wildman–Crippen LogP) is 1.43. The average Bonchev–Trinajstić information content (AvgIpc) is 2.49. The van der Waals surface area contributed by atoms with Crippen LogP contribution in [0.3, 0.4) is 0 Å². The number of nitro groups is 1. The van der Waals surface area contributed by atoms with Crippen molar-refractivity contribution in [3.05, 3.63) is 39.4 Å². The minimum Gasteiger partial charge on any atom is -0.396 e. The van der Waals surface area contributed by atoms with Crippen molar-refractivity contribution in [3.63, 3.8) is 0 Å². The van der Waals surface area contributed by atoms with Crippen molar-refractivity contribution in [2.24, 2.45) is 5.73 Å². The summed E-state index contributed by atoms with van der Waals surface area (Å²) in [6.07, 6.45) is 3.83. The van der Waals surface area contributed by atoms with E-state index in [9.17, 15) is 14.9 Å². The van der Waals surface area contributed by atoms with E-state index in [1.54, 1.807) is 6.07 Å². The molecular formula is C15H21N3O4. The molecular weight excluding hydrogens is 286 g/mol. The number of likely N-dealkylation sites (tertiary alicyclic amines) is 1. The second-order valence-corrected chi connectivity index (χ2v) is 5.60. The van der Waals surface area contributed by atoms with E-state index in [0.29, 0.717) is 18.5 Å². The van der Waals surface area contributed by atoms with Crippen molar-refractivity contribution in [2.45, 2.75) is 38.3 Å². The molecule has 1 heterocycles. The van der Waals surface area contributed by atoms with E-state index in [1.807, 2.05) is 0 Å². The number of hydrogen-bond donors (Lipinski definition) is 2. The zero-order valence-corrected chi connectivity index (χ0v) is 12.4. The number of amides is 1. The fourth-order valence-electron chi connectivity index (χ4n) is 2.98. The van der Waals surface area contributed by atoms with Crippen LogP contribution < -0.4 is 5.73 Å². The average molecular weight is 307 g/mol. The van der Waals surface area contributed by atoms with E-state index < -0.39 is 10.8 Å². The number of carbonyl (C=O) groups excluding carboxylic acids is 1. The Bertz CT molecular complexity index is 560. The van der Waals surface area contributed by atoms with Crippen LogP contribution in [0, 0.1) is 10.1 Å². The van der Waals surface area contributed by atoms with Gasteiger partial charge in [-0.05, 0) is 31.9 Å². The van der Waals surface area contributed by atoms with Crippen LogP contribution in [0.4, 0.5) is 5.69 Å². The van der Waals surface area contributed by atoms with Gasteiger partial charge in [-0.3, -0.25) is 19.8 Å². The Kier molecular flexibility index (Phi) is 5.46. The first-order chi connectivity index (χ1) is 10.5. The molecule has 7 nitrogen and oxygen atoms in total. The van der Waals surface area contributed by atoms with Crippen molar-refractivity contribution < 1.29 is 14.8 Å². The van der Waals surface area contributed by atoms with E-state index >= 15 is 0 Å². The molecule has 0 radical (unpaired) electrons. The minimum atomic E-state index is -0.675. The van der Waals surface area contributed by atoms with Crippen molar-refractivity contribution in [2.75, 3.05) is 13.2 Å². The fourth-order valence-corrected chi connectivity index (χ4v) is 2.98. The van der Waals surface area contributed by atoms with Crippen LogP contribution in [0.5, 0.6) is 0 Å². The maximum Gasteiger partial charge on any atom is 0.274 e. The molecule has 0 aliphatic carbocycles. The second kappa shape index (κ2) is 7.33. The zero-order valence-electron chi connectivity index (χ0n) is 12.4. The molecule has 0 aromatic heterocycles. The Morgan fingerprint density at radius 1 is 1.45 bits per heavy atom. The number of hydrogen-bond acceptors (Lipinski definition) is 5. The smallest absolute Gasteiger partial charge is 0.274 e. The number of aliphatic hydroxyl groups is 1. The van der Waals surface area contributed by atoms with Gasteiger partial charge < -0.3 is 10.8 Å². The van der Waals surface area contributed by atoms with Crippen LogP contribution in [-0.2, 0) is 6.54 Å². The number of benzene rings is 1. The van der Waals surface area contributed by atoms with Gasteiger partial charge in [0.1, 0.15) is 0 Å². The normalized spacial score (nSPS) is 19.0. The van der Waals surface area contributed by atoms with Crippen molar-refractivity contribution >= 4 is 11.6 Å². The summed E-state index contributed by atoms with van der Waals surface area (Å²) in [7, 11) is 0. The first kappa shape index (κ1) is 16.4. The summed E-state index contributed by atoms with van der Waals surface area (Å²) in [5.74, 6) is -0.675. The number of nitrogens with zero attached hydrogens (tertiary/aromatic N) is 2. The monoisotopic (exact) mass is 307 g/mol. The summed E-state index contributed by atoms with van der Waals surface area (Å²) in [6, 6.07) is 4.61. The van der Waals surface area contributed by atoms with E-state index in [2.05, 4.69) is 4.90 Å². The second-order valence-electron chi connectivity index (χ2n) is 5.60. The maximum atomic E-state index is 11.2. The van der Waals surface area contributed by atoms with Gasteiger partial charge in [0.2, 0.25) is 5.91 Å². The molecule has 1 aromatic carbocycles. The summed E-state index contributed by atoms with van der Waals surface area (Å²) in [6.45, 7) is 1.42. The highest BCUT2D eigenvalue weighted by Gasteiger charge is 2.25. The molecule has 1 aromatic rings. The molecule has 3 N–H and O–H groups in total. The first-order valence-corrected chi connectivity index (χ1v) is 7.45. The fraction of sp³-hybridized carbons (Fsp3) is 0.533. The molecule has 1 saturated heterocycles. The number of nitro benzene ring substituents is 1. The van der Waals surface area contributed by atoms with Crippen molar-refractivity contribution in [1.82, 2.24) is 4.90 Å². The van der Waals surface area contributed by atoms with Gasteiger partial charge in [0.25, 0.3) is 5.69 Å². The lowest BCUT2D eigenvalue weighted by molar-refractivity contribution is -0.385. The summed E-state index contributed by atoms with van der Waals surface area (Å²) < 4.78 is 0. The molecule has 1 aliphatic heterocycles. The molecule has 1 amide bonds. The van der Waals surface area contributed by atoms with Gasteiger partial charge in [-0.25, -0.2) is 0 Å². The Labute approximate surface area is 128 Å². The highest BCUT2D eigenvalue weighted by Crippen LogP contribution is 2.26. The molecule has 120 valence electrons. The quantitative estimate of drug-likeness (QED) is 0.610. The zero-order chi connectivity index (χ0) is 16.1. The number of carbonyl (C=O) groups is 1. The Hall–Kier alpha value is -1.99. The lowest BCUT2D eigenvalue weighted by Gasteiger charge is -2.35. The molecule has 7 heteroatoms. The molecule has 1 fully saturated rings. The Balaban J connectivity index is 2.23. The van der Waals surface area contributed by atoms with Gasteiger partial charge in [-0.2, -0.15) is 0 Å². The number of primary amides is 1. The SMILES string of the molecule is NC(=O)c1ccc(CN2CCCCC2CCO)c([N+](=O)[O-])c1. The highest BCUT2D eigenvalue weighted by atomic mass is 16.6. The predicted molar refractivity (Wildman–Crippen MR) is 81.4 cm³/mol. The minimum absolute atomic E-state index is 0.0791. The largest absolute Gasteiger partial charge is 0.396 e. The van der Waals surface area contributed by atoms with Crippen LogP contribution in [0.15, 0.2) is 18.2 Å². The standard InChI is InChI=1S/C15H21N3O4/c16-15(20)11-4-5-12(14(9-11)18(21)22)10-17-7-2-1-3-13(17)6-8-19/h4-5,9,13,19H,1-3,6-8,10H2,(H2,16,20). The van der Waals surface area contributed by atoms with E-state index in [-0.39, 0.29) is 23.9 Å². The molecule has 0 bridgehead atoms. The summed E-state index contributed by atoms with van der Waals surface area (Å²) >= 11 is 0. The van der Waals surface area contributed by atoms with Gasteiger partial charge >= 0.3 is 0 Å². The summed E-state index contributed by atoms with van der Waals surface area (Å²) in [4.78, 5) is 24.1. The molecule has 1 unspecified atom stereocenters. The molecule has 2 rings (SSSR count). The lowest BCUT2D eigenvalue weighted by atomic mass is 9.98. The van der Waals surface area contributed by atoms with Gasteiger partial charge in [-0.15, -0.1) is 0 Å². The molecule has 1 aliphatic rings. The van der Waals surface area contributed by atoms with E-state index in [1.165, 1.54) is 12.1 Å². The number of aliphatic hydroxyl groups excluding tert-OH is 1. The molecule has 22 heavy (non-hydrogen) atoms. The van der Waals surface area contributed by atoms with Crippen molar-refractivity contribution in [1.29, 1.82) is 0 Å². The van der Waals surface area contributed by atoms with E-state index in [4.69, 9.17) is 10.8 Å². The van der Waals surface area contributed by atoms with Crippen molar-refractivity contribution in [3.8, 4) is 0 Å². The highest BCUT2D eigenvalue weighted by molar-refractivity contribution is 5.93. The maximum absolute atomic E-state index is 11.2. The van der Waals surface area contributed by atoms with Crippen LogP contribution in [0.1, 0.15) is 41.6 Å². The number of nitrogens with two attached hydrogens (primary N) is 1. The first-order valence-electron chi connectivity index (χ1n) is 7.45.